The second kappa shape index (κ2) is 8.38. The number of carbonyl (C=O) groups excluding carboxylic acids is 3. The molecular formula is C24H20N4O5S. The first-order chi connectivity index (χ1) is 16.3. The van der Waals surface area contributed by atoms with Gasteiger partial charge in [-0.25, -0.2) is 9.78 Å². The number of anilines is 1. The maximum atomic E-state index is 12.9. The first-order valence-electron chi connectivity index (χ1n) is 10.6. The summed E-state index contributed by atoms with van der Waals surface area (Å²) in [7, 11) is 0. The first kappa shape index (κ1) is 21.8. The van der Waals surface area contributed by atoms with Crippen molar-refractivity contribution in [1.82, 2.24) is 14.3 Å². The van der Waals surface area contributed by atoms with Crippen LogP contribution in [-0.2, 0) is 20.9 Å². The molecule has 9 nitrogen and oxygen atoms in total. The van der Waals surface area contributed by atoms with Gasteiger partial charge in [0, 0.05) is 11.8 Å². The fourth-order valence-electron chi connectivity index (χ4n) is 3.94. The molecule has 10 heteroatoms. The van der Waals surface area contributed by atoms with Crippen LogP contribution in [0.25, 0.3) is 15.2 Å². The molecule has 0 radical (unpaired) electrons. The fourth-order valence-corrected chi connectivity index (χ4v) is 4.99. The van der Waals surface area contributed by atoms with Gasteiger partial charge in [-0.3, -0.25) is 28.6 Å². The van der Waals surface area contributed by atoms with E-state index in [0.29, 0.717) is 16.3 Å². The highest BCUT2D eigenvalue weighted by Gasteiger charge is 2.44. The van der Waals surface area contributed by atoms with Crippen LogP contribution in [0.5, 0.6) is 0 Å². The predicted octanol–water partition coefficient (Wildman–Crippen LogP) is 3.12. The minimum atomic E-state index is -0.766. The molecule has 0 N–H and O–H groups in total. The first-order valence-corrected chi connectivity index (χ1v) is 11.4. The van der Waals surface area contributed by atoms with E-state index in [2.05, 4.69) is 4.98 Å². The summed E-state index contributed by atoms with van der Waals surface area (Å²) in [6, 6.07) is 14.7. The van der Waals surface area contributed by atoms with Gasteiger partial charge in [0.15, 0.2) is 4.96 Å². The van der Waals surface area contributed by atoms with Gasteiger partial charge in [-0.15, -0.1) is 0 Å². The second-order valence-corrected chi connectivity index (χ2v) is 9.03. The van der Waals surface area contributed by atoms with E-state index in [-0.39, 0.29) is 12.2 Å². The molecule has 172 valence electrons. The van der Waals surface area contributed by atoms with Gasteiger partial charge in [-0.05, 0) is 38.1 Å². The number of nitrogens with zero attached hydrogens (tertiary/aromatic N) is 4. The van der Waals surface area contributed by atoms with Crippen LogP contribution in [0.1, 0.15) is 18.2 Å². The molecule has 0 saturated carbocycles. The summed E-state index contributed by atoms with van der Waals surface area (Å²) in [4.78, 5) is 57.7. The Hall–Kier alpha value is -4.05. The number of fused-ring (bicyclic) bond motifs is 3. The van der Waals surface area contributed by atoms with Gasteiger partial charge in [0.25, 0.3) is 11.5 Å². The molecule has 5 rings (SSSR count). The monoisotopic (exact) mass is 476 g/mol. The zero-order valence-electron chi connectivity index (χ0n) is 18.4. The van der Waals surface area contributed by atoms with E-state index in [1.54, 1.807) is 19.1 Å². The summed E-state index contributed by atoms with van der Waals surface area (Å²) >= 11 is 1.36. The van der Waals surface area contributed by atoms with Crippen LogP contribution in [-0.4, -0.2) is 44.8 Å². The van der Waals surface area contributed by atoms with Crippen LogP contribution in [0.15, 0.2) is 59.4 Å². The Morgan fingerprint density at radius 1 is 1.09 bits per heavy atom. The zero-order chi connectivity index (χ0) is 24.0. The number of urea groups is 1. The van der Waals surface area contributed by atoms with Crippen molar-refractivity contribution in [1.29, 1.82) is 0 Å². The van der Waals surface area contributed by atoms with Gasteiger partial charge in [-0.1, -0.05) is 41.2 Å². The molecule has 0 bridgehead atoms. The van der Waals surface area contributed by atoms with E-state index in [1.165, 1.54) is 26.7 Å². The Morgan fingerprint density at radius 3 is 2.59 bits per heavy atom. The lowest BCUT2D eigenvalue weighted by Crippen LogP contribution is -2.37. The summed E-state index contributed by atoms with van der Waals surface area (Å²) in [6.07, 6.45) is 0. The number of para-hydroxylation sites is 1. The van der Waals surface area contributed by atoms with E-state index in [4.69, 9.17) is 4.74 Å². The molecule has 3 amide bonds. The number of esters is 1. The minimum Gasteiger partial charge on any atom is -0.458 e. The van der Waals surface area contributed by atoms with Gasteiger partial charge in [0.05, 0.1) is 15.9 Å². The van der Waals surface area contributed by atoms with Crippen LogP contribution < -0.4 is 10.5 Å². The number of amides is 3. The normalized spacial score (nSPS) is 16.1. The number of imide groups is 1. The lowest BCUT2D eigenvalue weighted by Gasteiger charge is -2.19. The van der Waals surface area contributed by atoms with Crippen molar-refractivity contribution < 1.29 is 19.1 Å². The molecular weight excluding hydrogens is 456 g/mol. The summed E-state index contributed by atoms with van der Waals surface area (Å²) in [5, 5.41) is 0. The SMILES string of the molecule is Cc1ccc(N2C(=O)N(CC(=O)OCc3cc(=O)n4c(n3)sc3ccccc34)C(=O)[C@H]2C)cc1. The van der Waals surface area contributed by atoms with Gasteiger partial charge in [0.2, 0.25) is 0 Å². The number of carbonyl (C=O) groups is 3. The molecule has 0 aliphatic carbocycles. The van der Waals surface area contributed by atoms with Gasteiger partial charge < -0.3 is 4.74 Å². The third kappa shape index (κ3) is 3.71. The van der Waals surface area contributed by atoms with Gasteiger partial charge >= 0.3 is 12.0 Å². The Morgan fingerprint density at radius 2 is 1.82 bits per heavy atom. The summed E-state index contributed by atoms with van der Waals surface area (Å²) in [6.45, 7) is 2.78. The van der Waals surface area contributed by atoms with Crippen molar-refractivity contribution >= 4 is 50.1 Å². The highest BCUT2D eigenvalue weighted by Crippen LogP contribution is 2.26. The van der Waals surface area contributed by atoms with E-state index >= 15 is 0 Å². The number of thiazole rings is 1. The Bertz CT molecular complexity index is 1510. The number of rotatable bonds is 5. The standard InChI is InChI=1S/C24H20N4O5S/c1-14-7-9-17(10-8-14)27-15(2)22(31)26(24(27)32)12-21(30)33-13-16-11-20(29)28-18-5-3-4-6-19(18)34-23(28)25-16/h3-11,15H,12-13H2,1-2H3/t15-/m1/s1. The predicted molar refractivity (Wildman–Crippen MR) is 127 cm³/mol. The van der Waals surface area contributed by atoms with Crippen LogP contribution in [0.3, 0.4) is 0 Å². The van der Waals surface area contributed by atoms with E-state index in [9.17, 15) is 19.2 Å². The maximum absolute atomic E-state index is 12.9. The molecule has 3 heterocycles. The quantitative estimate of drug-likeness (QED) is 0.324. The van der Waals surface area contributed by atoms with Crippen LogP contribution in [0.4, 0.5) is 10.5 Å². The lowest BCUT2D eigenvalue weighted by molar-refractivity contribution is -0.148. The van der Waals surface area contributed by atoms with Crippen molar-refractivity contribution in [2.24, 2.45) is 0 Å². The third-order valence-corrected chi connectivity index (χ3v) is 6.70. The topological polar surface area (TPSA) is 101 Å². The highest BCUT2D eigenvalue weighted by atomic mass is 32.1. The van der Waals surface area contributed by atoms with Crippen molar-refractivity contribution in [3.8, 4) is 0 Å². The summed E-state index contributed by atoms with van der Waals surface area (Å²) < 4.78 is 7.67. The number of hydrogen-bond donors (Lipinski definition) is 0. The van der Waals surface area contributed by atoms with Crippen LogP contribution in [0, 0.1) is 6.92 Å². The average Bonchev–Trinajstić information content (AvgIpc) is 3.29. The molecule has 0 spiro atoms. The summed E-state index contributed by atoms with van der Waals surface area (Å²) in [5.41, 5.74) is 2.38. The van der Waals surface area contributed by atoms with Gasteiger partial charge in [0.1, 0.15) is 19.2 Å². The molecule has 1 aliphatic rings. The Labute approximate surface area is 197 Å². The van der Waals surface area contributed by atoms with E-state index < -0.39 is 30.5 Å². The number of hydrogen-bond acceptors (Lipinski definition) is 7. The van der Waals surface area contributed by atoms with E-state index in [0.717, 1.165) is 20.7 Å². The molecule has 1 fully saturated rings. The molecule has 1 saturated heterocycles. The fraction of sp³-hybridized carbons (Fsp3) is 0.208. The van der Waals surface area contributed by atoms with Crippen molar-refractivity contribution in [2.45, 2.75) is 26.5 Å². The van der Waals surface area contributed by atoms with Gasteiger partial charge in [-0.2, -0.15) is 0 Å². The molecule has 0 unspecified atom stereocenters. The lowest BCUT2D eigenvalue weighted by atomic mass is 10.2. The molecule has 34 heavy (non-hydrogen) atoms. The number of ether oxygens (including phenoxy) is 1. The average molecular weight is 477 g/mol. The number of benzene rings is 2. The molecule has 2 aromatic heterocycles. The molecule has 1 atom stereocenters. The van der Waals surface area contributed by atoms with Crippen molar-refractivity contribution in [2.75, 3.05) is 11.4 Å². The minimum absolute atomic E-state index is 0.244. The Balaban J connectivity index is 1.29. The molecule has 2 aromatic carbocycles. The van der Waals surface area contributed by atoms with Crippen molar-refractivity contribution in [3.63, 3.8) is 0 Å². The number of aromatic nitrogens is 2. The van der Waals surface area contributed by atoms with Crippen LogP contribution >= 0.6 is 11.3 Å². The maximum Gasteiger partial charge on any atom is 0.332 e. The second-order valence-electron chi connectivity index (χ2n) is 8.02. The number of aryl methyl sites for hydroxylation is 1. The van der Waals surface area contributed by atoms with Crippen LogP contribution in [0.2, 0.25) is 0 Å². The van der Waals surface area contributed by atoms with E-state index in [1.807, 2.05) is 43.3 Å². The molecule has 4 aromatic rings. The third-order valence-electron chi connectivity index (χ3n) is 5.68. The largest absolute Gasteiger partial charge is 0.458 e. The Kier molecular flexibility index (Phi) is 5.37. The van der Waals surface area contributed by atoms with Crippen molar-refractivity contribution in [3.05, 3.63) is 76.2 Å². The molecule has 1 aliphatic heterocycles. The highest BCUT2D eigenvalue weighted by molar-refractivity contribution is 7.23. The summed E-state index contributed by atoms with van der Waals surface area (Å²) in [5.74, 6) is -1.25. The smallest absolute Gasteiger partial charge is 0.332 e. The zero-order valence-corrected chi connectivity index (χ0v) is 19.2.